The van der Waals surface area contributed by atoms with Crippen LogP contribution in [0.1, 0.15) is 13.8 Å². The number of fused-ring (bicyclic) bond motifs is 1. The van der Waals surface area contributed by atoms with E-state index in [0.29, 0.717) is 5.15 Å². The van der Waals surface area contributed by atoms with Gasteiger partial charge in [0.15, 0.2) is 5.15 Å². The van der Waals surface area contributed by atoms with E-state index in [2.05, 4.69) is 28.7 Å². The third-order valence-corrected chi connectivity index (χ3v) is 3.57. The van der Waals surface area contributed by atoms with E-state index in [4.69, 9.17) is 16.3 Å². The Labute approximate surface area is 117 Å². The molecule has 1 aliphatic heterocycles. The van der Waals surface area contributed by atoms with E-state index < -0.39 is 0 Å². The molecule has 3 rings (SSSR count). The number of hydrogen-bond donors (Lipinski definition) is 0. The normalized spacial score (nSPS) is 23.8. The molecule has 0 aliphatic carbocycles. The van der Waals surface area contributed by atoms with Crippen LogP contribution in [0, 0.1) is 0 Å². The Morgan fingerprint density at radius 2 is 1.95 bits per heavy atom. The van der Waals surface area contributed by atoms with Crippen molar-refractivity contribution in [3.05, 3.63) is 29.5 Å². The van der Waals surface area contributed by atoms with Gasteiger partial charge in [-0.25, -0.2) is 9.97 Å². The van der Waals surface area contributed by atoms with E-state index in [1.54, 1.807) is 6.20 Å². The van der Waals surface area contributed by atoms with Gasteiger partial charge in [0.2, 0.25) is 0 Å². The van der Waals surface area contributed by atoms with Crippen LogP contribution in [0.2, 0.25) is 5.15 Å². The molecule has 2 aromatic rings. The molecule has 1 fully saturated rings. The lowest BCUT2D eigenvalue weighted by Gasteiger charge is -2.36. The molecule has 0 spiro atoms. The summed E-state index contributed by atoms with van der Waals surface area (Å²) in [5.74, 6) is 0.935. The highest BCUT2D eigenvalue weighted by molar-refractivity contribution is 6.33. The number of rotatable bonds is 1. The van der Waals surface area contributed by atoms with Gasteiger partial charge >= 0.3 is 0 Å². The molecule has 0 aromatic carbocycles. The quantitative estimate of drug-likeness (QED) is 0.751. The van der Waals surface area contributed by atoms with Crippen molar-refractivity contribution in [1.82, 2.24) is 9.97 Å². The van der Waals surface area contributed by atoms with Crippen LogP contribution in [0.5, 0.6) is 0 Å². The summed E-state index contributed by atoms with van der Waals surface area (Å²) >= 11 is 6.11. The van der Waals surface area contributed by atoms with Crippen LogP contribution < -0.4 is 4.90 Å². The van der Waals surface area contributed by atoms with E-state index in [0.717, 1.165) is 29.8 Å². The second kappa shape index (κ2) is 4.94. The molecule has 100 valence electrons. The minimum Gasteiger partial charge on any atom is -0.372 e. The smallest absolute Gasteiger partial charge is 0.155 e. The Kier molecular flexibility index (Phi) is 3.29. The van der Waals surface area contributed by atoms with Gasteiger partial charge in [-0.15, -0.1) is 0 Å². The van der Waals surface area contributed by atoms with Crippen molar-refractivity contribution >= 4 is 28.3 Å². The number of morpholine rings is 1. The van der Waals surface area contributed by atoms with Crippen molar-refractivity contribution < 1.29 is 4.74 Å². The summed E-state index contributed by atoms with van der Waals surface area (Å²) in [5.41, 5.74) is 0.758. The maximum absolute atomic E-state index is 6.11. The monoisotopic (exact) mass is 277 g/mol. The van der Waals surface area contributed by atoms with Crippen LogP contribution in [0.25, 0.3) is 10.9 Å². The summed E-state index contributed by atoms with van der Waals surface area (Å²) in [6, 6.07) is 5.99. The second-order valence-electron chi connectivity index (χ2n) is 5.01. The highest BCUT2D eigenvalue weighted by atomic mass is 35.5. The molecule has 2 aromatic heterocycles. The number of ether oxygens (including phenoxy) is 1. The fraction of sp³-hybridized carbons (Fsp3) is 0.429. The molecule has 1 saturated heterocycles. The SMILES string of the molecule is C[C@@H]1CN(c2ccc3ccnc(Cl)c3n2)C[C@H](C)O1. The number of aromatic nitrogens is 2. The third kappa shape index (κ3) is 2.51. The van der Waals surface area contributed by atoms with E-state index in [-0.39, 0.29) is 12.2 Å². The molecule has 5 heteroatoms. The summed E-state index contributed by atoms with van der Waals surface area (Å²) in [4.78, 5) is 11.0. The Morgan fingerprint density at radius 1 is 1.21 bits per heavy atom. The maximum Gasteiger partial charge on any atom is 0.155 e. The molecule has 0 amide bonds. The molecular formula is C14H16ClN3O. The van der Waals surface area contributed by atoms with Gasteiger partial charge < -0.3 is 9.64 Å². The lowest BCUT2D eigenvalue weighted by molar-refractivity contribution is -0.00544. The largest absolute Gasteiger partial charge is 0.372 e. The first-order valence-corrected chi connectivity index (χ1v) is 6.83. The van der Waals surface area contributed by atoms with E-state index in [9.17, 15) is 0 Å². The number of nitrogens with zero attached hydrogens (tertiary/aromatic N) is 3. The van der Waals surface area contributed by atoms with Gasteiger partial charge in [0.1, 0.15) is 11.3 Å². The van der Waals surface area contributed by atoms with Gasteiger partial charge in [0, 0.05) is 24.7 Å². The van der Waals surface area contributed by atoms with Crippen molar-refractivity contribution in [1.29, 1.82) is 0 Å². The topological polar surface area (TPSA) is 38.2 Å². The molecule has 0 radical (unpaired) electrons. The summed E-state index contributed by atoms with van der Waals surface area (Å²) in [6.45, 7) is 5.86. The second-order valence-corrected chi connectivity index (χ2v) is 5.36. The summed E-state index contributed by atoms with van der Waals surface area (Å²) in [5, 5.41) is 1.46. The van der Waals surface area contributed by atoms with E-state index >= 15 is 0 Å². The Morgan fingerprint density at radius 3 is 2.68 bits per heavy atom. The number of hydrogen-bond acceptors (Lipinski definition) is 4. The Balaban J connectivity index is 1.98. The first-order valence-electron chi connectivity index (χ1n) is 6.45. The lowest BCUT2D eigenvalue weighted by atomic mass is 10.2. The molecule has 1 aliphatic rings. The van der Waals surface area contributed by atoms with Crippen molar-refractivity contribution in [3.63, 3.8) is 0 Å². The molecule has 0 saturated carbocycles. The third-order valence-electron chi connectivity index (χ3n) is 3.29. The Hall–Kier alpha value is -1.39. The summed E-state index contributed by atoms with van der Waals surface area (Å²) in [6.07, 6.45) is 2.13. The van der Waals surface area contributed by atoms with Crippen LogP contribution in [0.4, 0.5) is 5.82 Å². The molecule has 0 unspecified atom stereocenters. The molecule has 19 heavy (non-hydrogen) atoms. The van der Waals surface area contributed by atoms with Crippen molar-refractivity contribution in [2.45, 2.75) is 26.1 Å². The number of pyridine rings is 2. The molecule has 2 atom stereocenters. The number of halogens is 1. The van der Waals surface area contributed by atoms with E-state index in [1.165, 1.54) is 0 Å². The fourth-order valence-corrected chi connectivity index (χ4v) is 2.75. The zero-order valence-electron chi connectivity index (χ0n) is 11.0. The summed E-state index contributed by atoms with van der Waals surface area (Å²) < 4.78 is 5.74. The van der Waals surface area contributed by atoms with Crippen LogP contribution >= 0.6 is 11.6 Å². The molecule has 3 heterocycles. The average Bonchev–Trinajstić information content (AvgIpc) is 2.38. The van der Waals surface area contributed by atoms with Crippen LogP contribution in [0.15, 0.2) is 24.4 Å². The van der Waals surface area contributed by atoms with Gasteiger partial charge in [-0.05, 0) is 32.0 Å². The minimum atomic E-state index is 0.214. The van der Waals surface area contributed by atoms with Crippen molar-refractivity contribution in [3.8, 4) is 0 Å². The highest BCUT2D eigenvalue weighted by Crippen LogP contribution is 2.24. The highest BCUT2D eigenvalue weighted by Gasteiger charge is 2.23. The van der Waals surface area contributed by atoms with E-state index in [1.807, 2.05) is 18.2 Å². The fourth-order valence-electron chi connectivity index (χ4n) is 2.54. The molecule has 0 bridgehead atoms. The molecule has 4 nitrogen and oxygen atoms in total. The van der Waals surface area contributed by atoms with Crippen LogP contribution in [-0.2, 0) is 4.74 Å². The predicted octanol–water partition coefficient (Wildman–Crippen LogP) is 2.90. The molecular weight excluding hydrogens is 262 g/mol. The van der Waals surface area contributed by atoms with Crippen molar-refractivity contribution in [2.24, 2.45) is 0 Å². The maximum atomic E-state index is 6.11. The van der Waals surface area contributed by atoms with Crippen molar-refractivity contribution in [2.75, 3.05) is 18.0 Å². The minimum absolute atomic E-state index is 0.214. The zero-order valence-corrected chi connectivity index (χ0v) is 11.8. The predicted molar refractivity (Wildman–Crippen MR) is 76.8 cm³/mol. The van der Waals surface area contributed by atoms with Gasteiger partial charge in [-0.2, -0.15) is 0 Å². The number of anilines is 1. The van der Waals surface area contributed by atoms with Gasteiger partial charge in [-0.1, -0.05) is 11.6 Å². The molecule has 0 N–H and O–H groups in total. The van der Waals surface area contributed by atoms with Gasteiger partial charge in [0.25, 0.3) is 0 Å². The van der Waals surface area contributed by atoms with Crippen LogP contribution in [0.3, 0.4) is 0 Å². The first-order chi connectivity index (χ1) is 9.13. The van der Waals surface area contributed by atoms with Gasteiger partial charge in [-0.3, -0.25) is 0 Å². The lowest BCUT2D eigenvalue weighted by Crippen LogP contribution is -2.45. The summed E-state index contributed by atoms with van der Waals surface area (Å²) in [7, 11) is 0. The zero-order chi connectivity index (χ0) is 13.4. The average molecular weight is 278 g/mol. The van der Waals surface area contributed by atoms with Crippen LogP contribution in [-0.4, -0.2) is 35.3 Å². The first kappa shape index (κ1) is 12.6. The Bertz CT molecular complexity index is 594. The standard InChI is InChI=1S/C14H16ClN3O/c1-9-7-18(8-10(2)19-9)12-4-3-11-5-6-16-14(15)13(11)17-12/h3-6,9-10H,7-8H2,1-2H3/t9-,10+. The van der Waals surface area contributed by atoms with Gasteiger partial charge in [0.05, 0.1) is 12.2 Å².